The lowest BCUT2D eigenvalue weighted by Gasteiger charge is -2.16. The molecule has 7 heteroatoms. The van der Waals surface area contributed by atoms with Crippen molar-refractivity contribution in [2.45, 2.75) is 18.9 Å². The van der Waals surface area contributed by atoms with Gasteiger partial charge in [0.25, 0.3) is 0 Å². The Hall–Kier alpha value is -1.34. The normalized spacial score (nSPS) is 12.2. The van der Waals surface area contributed by atoms with Crippen LogP contribution in [0.5, 0.6) is 11.5 Å². The van der Waals surface area contributed by atoms with Crippen molar-refractivity contribution in [3.63, 3.8) is 0 Å². The summed E-state index contributed by atoms with van der Waals surface area (Å²) >= 11 is 3.09. The maximum Gasteiger partial charge on any atom is 0.303 e. The van der Waals surface area contributed by atoms with Gasteiger partial charge in [0.2, 0.25) is 0 Å². The summed E-state index contributed by atoms with van der Waals surface area (Å²) in [6.45, 7) is 0. The minimum atomic E-state index is -1.01. The van der Waals surface area contributed by atoms with Crippen molar-refractivity contribution in [1.82, 2.24) is 0 Å². The van der Waals surface area contributed by atoms with Crippen molar-refractivity contribution in [2.75, 3.05) is 7.11 Å². The predicted molar refractivity (Wildman–Crippen MR) is 66.1 cm³/mol. The Bertz CT molecular complexity index is 467. The molecular weight excluding hydrogens is 309 g/mol. The quantitative estimate of drug-likeness (QED) is 0.772. The van der Waals surface area contributed by atoms with Crippen LogP contribution < -0.4 is 10.5 Å². The third-order valence-corrected chi connectivity index (χ3v) is 3.09. The van der Waals surface area contributed by atoms with Crippen molar-refractivity contribution in [3.8, 4) is 11.5 Å². The third kappa shape index (κ3) is 3.11. The molecule has 4 N–H and O–H groups in total. The number of phenolic OH excluding ortho intramolecular Hbond substituents is 1. The molecule has 1 atom stereocenters. The number of nitrogens with two attached hydrogens (primary N) is 1. The first kappa shape index (κ1) is 14.7. The van der Waals surface area contributed by atoms with Gasteiger partial charge in [0.15, 0.2) is 17.3 Å². The van der Waals surface area contributed by atoms with Crippen molar-refractivity contribution < 1.29 is 24.1 Å². The zero-order chi connectivity index (χ0) is 13.9. The highest BCUT2D eigenvalue weighted by Gasteiger charge is 2.22. The van der Waals surface area contributed by atoms with E-state index in [9.17, 15) is 14.3 Å². The number of methoxy groups -OCH3 is 1. The second-order valence-corrected chi connectivity index (χ2v) is 4.53. The Morgan fingerprint density at radius 2 is 2.28 bits per heavy atom. The van der Waals surface area contributed by atoms with E-state index in [0.29, 0.717) is 0 Å². The molecule has 0 aliphatic rings. The highest BCUT2D eigenvalue weighted by molar-refractivity contribution is 9.10. The number of hydrogen-bond acceptors (Lipinski definition) is 4. The van der Waals surface area contributed by atoms with Gasteiger partial charge in [-0.1, -0.05) is 15.9 Å². The van der Waals surface area contributed by atoms with Crippen LogP contribution in [0.15, 0.2) is 10.5 Å². The van der Waals surface area contributed by atoms with E-state index >= 15 is 0 Å². The SMILES string of the molecule is COc1c(O)cc(Br)c(C(N)CCC(=O)O)c1F. The first-order valence-corrected chi connectivity index (χ1v) is 5.90. The number of carboxylic acid groups (broad SMARTS) is 1. The van der Waals surface area contributed by atoms with E-state index in [4.69, 9.17) is 15.6 Å². The maximum absolute atomic E-state index is 14.0. The van der Waals surface area contributed by atoms with Crippen LogP contribution in [0, 0.1) is 5.82 Å². The summed E-state index contributed by atoms with van der Waals surface area (Å²) < 4.78 is 19.0. The van der Waals surface area contributed by atoms with E-state index in [1.807, 2.05) is 0 Å². The van der Waals surface area contributed by atoms with Crippen LogP contribution in [-0.2, 0) is 4.79 Å². The lowest BCUT2D eigenvalue weighted by molar-refractivity contribution is -0.137. The second-order valence-electron chi connectivity index (χ2n) is 3.68. The molecule has 0 aliphatic heterocycles. The average Bonchev–Trinajstić information content (AvgIpc) is 2.26. The number of aromatic hydroxyl groups is 1. The summed E-state index contributed by atoms with van der Waals surface area (Å²) in [6.07, 6.45) is -0.0883. The molecule has 1 aromatic carbocycles. The zero-order valence-corrected chi connectivity index (χ0v) is 11.2. The summed E-state index contributed by atoms with van der Waals surface area (Å²) in [5, 5.41) is 18.0. The molecule has 0 saturated heterocycles. The zero-order valence-electron chi connectivity index (χ0n) is 9.61. The monoisotopic (exact) mass is 321 g/mol. The lowest BCUT2D eigenvalue weighted by atomic mass is 10.0. The van der Waals surface area contributed by atoms with Gasteiger partial charge >= 0.3 is 5.97 Å². The van der Waals surface area contributed by atoms with Crippen LogP contribution in [0.3, 0.4) is 0 Å². The molecular formula is C11H13BrFNO4. The largest absolute Gasteiger partial charge is 0.504 e. The molecule has 0 bridgehead atoms. The van der Waals surface area contributed by atoms with Crippen molar-refractivity contribution in [3.05, 3.63) is 21.9 Å². The number of ether oxygens (including phenoxy) is 1. The van der Waals surface area contributed by atoms with E-state index in [2.05, 4.69) is 15.9 Å². The van der Waals surface area contributed by atoms with Gasteiger partial charge in [-0.3, -0.25) is 4.79 Å². The summed E-state index contributed by atoms with van der Waals surface area (Å²) in [6, 6.07) is 0.461. The van der Waals surface area contributed by atoms with Crippen LogP contribution in [0.25, 0.3) is 0 Å². The smallest absolute Gasteiger partial charge is 0.303 e. The van der Waals surface area contributed by atoms with Crippen LogP contribution in [0.1, 0.15) is 24.4 Å². The summed E-state index contributed by atoms with van der Waals surface area (Å²) in [5.41, 5.74) is 5.84. The molecule has 1 aromatic rings. The van der Waals surface area contributed by atoms with Gasteiger partial charge in [-0.2, -0.15) is 0 Å². The van der Waals surface area contributed by atoms with E-state index in [-0.39, 0.29) is 34.4 Å². The molecule has 0 fully saturated rings. The fourth-order valence-electron chi connectivity index (χ4n) is 1.56. The number of halogens is 2. The minimum absolute atomic E-state index is 0.0821. The summed E-state index contributed by atoms with van der Waals surface area (Å²) in [7, 11) is 1.22. The van der Waals surface area contributed by atoms with Gasteiger partial charge in [0, 0.05) is 22.5 Å². The molecule has 0 aromatic heterocycles. The Kier molecular flexibility index (Phi) is 4.92. The van der Waals surface area contributed by atoms with E-state index in [1.165, 1.54) is 13.2 Å². The van der Waals surface area contributed by atoms with Crippen LogP contribution in [0.2, 0.25) is 0 Å². The van der Waals surface area contributed by atoms with Gasteiger partial charge in [-0.25, -0.2) is 4.39 Å². The van der Waals surface area contributed by atoms with E-state index < -0.39 is 17.8 Å². The molecule has 1 rings (SSSR count). The fraction of sp³-hybridized carbons (Fsp3) is 0.364. The number of aliphatic carboxylic acids is 1. The lowest BCUT2D eigenvalue weighted by Crippen LogP contribution is -2.15. The molecule has 0 aliphatic carbocycles. The molecule has 100 valence electrons. The average molecular weight is 322 g/mol. The van der Waals surface area contributed by atoms with Gasteiger partial charge < -0.3 is 20.7 Å². The second kappa shape index (κ2) is 6.01. The highest BCUT2D eigenvalue weighted by atomic mass is 79.9. The molecule has 5 nitrogen and oxygen atoms in total. The molecule has 0 amide bonds. The molecule has 1 unspecified atom stereocenters. The van der Waals surface area contributed by atoms with Crippen LogP contribution in [-0.4, -0.2) is 23.3 Å². The number of benzene rings is 1. The predicted octanol–water partition coefficient (Wildman–Crippen LogP) is 2.17. The van der Waals surface area contributed by atoms with Crippen LogP contribution >= 0.6 is 15.9 Å². The van der Waals surface area contributed by atoms with Gasteiger partial charge in [-0.15, -0.1) is 0 Å². The standard InChI is InChI=1S/C11H13BrFNO4/c1-18-11-7(15)4-5(12)9(10(11)13)6(14)2-3-8(16)17/h4,6,15H,2-3,14H2,1H3,(H,16,17). The highest BCUT2D eigenvalue weighted by Crippen LogP contribution is 2.39. The molecule has 0 saturated carbocycles. The van der Waals surface area contributed by atoms with Gasteiger partial charge in [0.05, 0.1) is 7.11 Å². The van der Waals surface area contributed by atoms with Gasteiger partial charge in [-0.05, 0) is 12.5 Å². The van der Waals surface area contributed by atoms with E-state index in [1.54, 1.807) is 0 Å². The topological polar surface area (TPSA) is 92.8 Å². The molecule has 18 heavy (non-hydrogen) atoms. The first-order valence-electron chi connectivity index (χ1n) is 5.10. The summed E-state index contributed by atoms with van der Waals surface area (Å²) in [5.74, 6) is -2.45. The Balaban J connectivity index is 3.11. The van der Waals surface area contributed by atoms with Crippen molar-refractivity contribution in [1.29, 1.82) is 0 Å². The van der Waals surface area contributed by atoms with Crippen molar-refractivity contribution >= 4 is 21.9 Å². The Labute approximate surface area is 111 Å². The summed E-state index contributed by atoms with van der Waals surface area (Å²) in [4.78, 5) is 10.5. The first-order chi connectivity index (χ1) is 8.38. The fourth-order valence-corrected chi connectivity index (χ4v) is 2.25. The molecule has 0 spiro atoms. The van der Waals surface area contributed by atoms with Gasteiger partial charge in [0.1, 0.15) is 0 Å². The number of carboxylic acids is 1. The molecule has 0 radical (unpaired) electrons. The Morgan fingerprint density at radius 1 is 1.67 bits per heavy atom. The molecule has 0 heterocycles. The van der Waals surface area contributed by atoms with E-state index in [0.717, 1.165) is 0 Å². The minimum Gasteiger partial charge on any atom is -0.504 e. The van der Waals surface area contributed by atoms with Crippen LogP contribution in [0.4, 0.5) is 4.39 Å². The third-order valence-electron chi connectivity index (χ3n) is 2.43. The Morgan fingerprint density at radius 3 is 2.78 bits per heavy atom. The number of rotatable bonds is 5. The number of carbonyl (C=O) groups is 1. The number of phenols is 1. The maximum atomic E-state index is 14.0. The van der Waals surface area contributed by atoms with Crippen molar-refractivity contribution in [2.24, 2.45) is 5.73 Å². The number of hydrogen-bond donors (Lipinski definition) is 3.